The summed E-state index contributed by atoms with van der Waals surface area (Å²) in [6, 6.07) is 9.01. The molecule has 0 bridgehead atoms. The molecule has 0 saturated heterocycles. The summed E-state index contributed by atoms with van der Waals surface area (Å²) in [6.45, 7) is 13.7. The molecule has 1 N–H and O–H groups in total. The normalized spacial score (nSPS) is 12.1. The standard InChI is InChI=1S/C18H32N2O/c1-6-20(13-14-21-5)15-17-9-7-16(8-10-17)11-12-19-18(2,3)4/h7-10,19H,6,11-15H2,1-5H3. The molecule has 3 nitrogen and oxygen atoms in total. The molecule has 3 heteroatoms. The van der Waals surface area contributed by atoms with Crippen LogP contribution < -0.4 is 5.32 Å². The smallest absolute Gasteiger partial charge is 0.0589 e. The van der Waals surface area contributed by atoms with Crippen LogP contribution in [0.15, 0.2) is 24.3 Å². The van der Waals surface area contributed by atoms with Crippen LogP contribution in [0.25, 0.3) is 0 Å². The number of ether oxygens (including phenoxy) is 1. The Morgan fingerprint density at radius 3 is 2.24 bits per heavy atom. The molecule has 21 heavy (non-hydrogen) atoms. The fraction of sp³-hybridized carbons (Fsp3) is 0.667. The van der Waals surface area contributed by atoms with Crippen molar-refractivity contribution in [2.45, 2.75) is 46.2 Å². The third-order valence-corrected chi connectivity index (χ3v) is 3.56. The molecule has 0 heterocycles. The second-order valence-corrected chi connectivity index (χ2v) is 6.60. The van der Waals surface area contributed by atoms with Crippen molar-refractivity contribution < 1.29 is 4.74 Å². The molecule has 1 aromatic carbocycles. The Morgan fingerprint density at radius 1 is 1.10 bits per heavy atom. The van der Waals surface area contributed by atoms with Gasteiger partial charge in [-0.25, -0.2) is 0 Å². The second kappa shape index (κ2) is 9.19. The molecule has 0 atom stereocenters. The lowest BCUT2D eigenvalue weighted by Crippen LogP contribution is -2.37. The van der Waals surface area contributed by atoms with Gasteiger partial charge in [-0.3, -0.25) is 4.90 Å². The van der Waals surface area contributed by atoms with Crippen molar-refractivity contribution in [3.05, 3.63) is 35.4 Å². The van der Waals surface area contributed by atoms with E-state index in [2.05, 4.69) is 62.2 Å². The van der Waals surface area contributed by atoms with E-state index in [1.807, 2.05) is 0 Å². The molecular formula is C18H32N2O. The minimum absolute atomic E-state index is 0.197. The fourth-order valence-corrected chi connectivity index (χ4v) is 2.22. The van der Waals surface area contributed by atoms with E-state index in [0.717, 1.165) is 39.2 Å². The number of hydrogen-bond donors (Lipinski definition) is 1. The molecule has 0 aliphatic carbocycles. The molecule has 0 amide bonds. The Morgan fingerprint density at radius 2 is 1.71 bits per heavy atom. The van der Waals surface area contributed by atoms with Gasteiger partial charge in [0.1, 0.15) is 0 Å². The van der Waals surface area contributed by atoms with Crippen molar-refractivity contribution in [3.63, 3.8) is 0 Å². The van der Waals surface area contributed by atoms with E-state index >= 15 is 0 Å². The predicted octanol–water partition coefficient (Wildman–Crippen LogP) is 3.09. The van der Waals surface area contributed by atoms with Crippen LogP contribution in [0.2, 0.25) is 0 Å². The number of likely N-dealkylation sites (N-methyl/N-ethyl adjacent to an activating group) is 1. The first-order valence-corrected chi connectivity index (χ1v) is 7.98. The van der Waals surface area contributed by atoms with Crippen LogP contribution in [0, 0.1) is 0 Å². The number of hydrogen-bond acceptors (Lipinski definition) is 3. The van der Waals surface area contributed by atoms with E-state index in [-0.39, 0.29) is 5.54 Å². The Bertz CT molecular complexity index is 381. The lowest BCUT2D eigenvalue weighted by atomic mass is 10.1. The summed E-state index contributed by atoms with van der Waals surface area (Å²) in [5, 5.41) is 3.53. The number of rotatable bonds is 9. The monoisotopic (exact) mass is 292 g/mol. The van der Waals surface area contributed by atoms with Gasteiger partial charge in [0.2, 0.25) is 0 Å². The van der Waals surface area contributed by atoms with E-state index < -0.39 is 0 Å². The third-order valence-electron chi connectivity index (χ3n) is 3.56. The van der Waals surface area contributed by atoms with Crippen LogP contribution >= 0.6 is 0 Å². The van der Waals surface area contributed by atoms with E-state index in [0.29, 0.717) is 0 Å². The number of benzene rings is 1. The van der Waals surface area contributed by atoms with Crippen molar-refractivity contribution in [3.8, 4) is 0 Å². The van der Waals surface area contributed by atoms with Gasteiger partial charge in [-0.05, 0) is 51.4 Å². The van der Waals surface area contributed by atoms with Crippen molar-refractivity contribution in [2.75, 3.05) is 33.4 Å². The molecule has 1 rings (SSSR count). The zero-order chi connectivity index (χ0) is 15.7. The average molecular weight is 292 g/mol. The van der Waals surface area contributed by atoms with E-state index in [1.54, 1.807) is 7.11 Å². The Kier molecular flexibility index (Phi) is 7.94. The molecular weight excluding hydrogens is 260 g/mol. The summed E-state index contributed by atoms with van der Waals surface area (Å²) >= 11 is 0. The van der Waals surface area contributed by atoms with E-state index in [4.69, 9.17) is 4.74 Å². The zero-order valence-electron chi connectivity index (χ0n) is 14.4. The SMILES string of the molecule is CCN(CCOC)Cc1ccc(CCNC(C)(C)C)cc1. The maximum Gasteiger partial charge on any atom is 0.0589 e. The van der Waals surface area contributed by atoms with Gasteiger partial charge >= 0.3 is 0 Å². The molecule has 0 aromatic heterocycles. The quantitative estimate of drug-likeness (QED) is 0.757. The predicted molar refractivity (Wildman–Crippen MR) is 90.7 cm³/mol. The highest BCUT2D eigenvalue weighted by Gasteiger charge is 2.08. The fourth-order valence-electron chi connectivity index (χ4n) is 2.22. The summed E-state index contributed by atoms with van der Waals surface area (Å²) in [4.78, 5) is 2.40. The van der Waals surface area contributed by atoms with E-state index in [9.17, 15) is 0 Å². The molecule has 0 unspecified atom stereocenters. The second-order valence-electron chi connectivity index (χ2n) is 6.60. The molecule has 0 radical (unpaired) electrons. The topological polar surface area (TPSA) is 24.5 Å². The van der Waals surface area contributed by atoms with Crippen molar-refractivity contribution in [1.29, 1.82) is 0 Å². The zero-order valence-corrected chi connectivity index (χ0v) is 14.4. The lowest BCUT2D eigenvalue weighted by Gasteiger charge is -2.21. The molecule has 120 valence electrons. The van der Waals surface area contributed by atoms with Crippen LogP contribution in [0.4, 0.5) is 0 Å². The minimum Gasteiger partial charge on any atom is -0.383 e. The first-order valence-electron chi connectivity index (χ1n) is 7.98. The molecule has 0 spiro atoms. The largest absolute Gasteiger partial charge is 0.383 e. The van der Waals surface area contributed by atoms with Crippen LogP contribution in [0.1, 0.15) is 38.8 Å². The minimum atomic E-state index is 0.197. The molecule has 0 aliphatic rings. The van der Waals surface area contributed by atoms with Gasteiger partial charge in [0.15, 0.2) is 0 Å². The van der Waals surface area contributed by atoms with Gasteiger partial charge in [-0.2, -0.15) is 0 Å². The highest BCUT2D eigenvalue weighted by molar-refractivity contribution is 5.22. The summed E-state index contributed by atoms with van der Waals surface area (Å²) in [5.74, 6) is 0. The Balaban J connectivity index is 2.42. The molecule has 1 aromatic rings. The number of nitrogens with one attached hydrogen (secondary N) is 1. The Hall–Kier alpha value is -0.900. The molecule has 0 saturated carbocycles. The highest BCUT2D eigenvalue weighted by atomic mass is 16.5. The molecule has 0 aliphatic heterocycles. The van der Waals surface area contributed by atoms with Crippen molar-refractivity contribution >= 4 is 0 Å². The number of nitrogens with zero attached hydrogens (tertiary/aromatic N) is 1. The van der Waals surface area contributed by atoms with Crippen LogP contribution in [0.3, 0.4) is 0 Å². The Labute approximate surface area is 130 Å². The summed E-state index contributed by atoms with van der Waals surface area (Å²) in [7, 11) is 1.76. The summed E-state index contributed by atoms with van der Waals surface area (Å²) < 4.78 is 5.15. The van der Waals surface area contributed by atoms with E-state index in [1.165, 1.54) is 11.1 Å². The third kappa shape index (κ3) is 8.20. The highest BCUT2D eigenvalue weighted by Crippen LogP contribution is 2.08. The van der Waals surface area contributed by atoms with Crippen LogP contribution in [-0.2, 0) is 17.7 Å². The van der Waals surface area contributed by atoms with Gasteiger partial charge in [-0.15, -0.1) is 0 Å². The summed E-state index contributed by atoms with van der Waals surface area (Å²) in [5.41, 5.74) is 2.97. The molecule has 0 fully saturated rings. The lowest BCUT2D eigenvalue weighted by molar-refractivity contribution is 0.147. The van der Waals surface area contributed by atoms with Crippen molar-refractivity contribution in [2.24, 2.45) is 0 Å². The maximum absolute atomic E-state index is 5.15. The average Bonchev–Trinajstić information content (AvgIpc) is 2.43. The van der Waals surface area contributed by atoms with Gasteiger partial charge < -0.3 is 10.1 Å². The van der Waals surface area contributed by atoms with Crippen molar-refractivity contribution in [1.82, 2.24) is 10.2 Å². The maximum atomic E-state index is 5.15. The van der Waals surface area contributed by atoms with Gasteiger partial charge in [0.25, 0.3) is 0 Å². The van der Waals surface area contributed by atoms with Gasteiger partial charge in [-0.1, -0.05) is 31.2 Å². The summed E-state index contributed by atoms with van der Waals surface area (Å²) in [6.07, 6.45) is 1.08. The van der Waals surface area contributed by atoms with Gasteiger partial charge in [0.05, 0.1) is 6.61 Å². The van der Waals surface area contributed by atoms with Gasteiger partial charge in [0, 0.05) is 25.7 Å². The first kappa shape index (κ1) is 18.1. The van der Waals surface area contributed by atoms with Crippen LogP contribution in [0.5, 0.6) is 0 Å². The first-order chi connectivity index (χ1) is 9.94. The number of methoxy groups -OCH3 is 1. The van der Waals surface area contributed by atoms with Crippen LogP contribution in [-0.4, -0.2) is 43.8 Å².